The summed E-state index contributed by atoms with van der Waals surface area (Å²) in [6.07, 6.45) is 1.83. The number of nitrogens with zero attached hydrogens (tertiary/aromatic N) is 1. The fraction of sp³-hybridized carbons (Fsp3) is 0.214. The van der Waals surface area contributed by atoms with Crippen molar-refractivity contribution in [2.24, 2.45) is 5.84 Å². The smallest absolute Gasteiger partial charge is 0.0725 e. The van der Waals surface area contributed by atoms with Crippen LogP contribution in [0.4, 0.5) is 0 Å². The van der Waals surface area contributed by atoms with Gasteiger partial charge >= 0.3 is 0 Å². The molecule has 0 radical (unpaired) electrons. The Morgan fingerprint density at radius 1 is 1.17 bits per heavy atom. The predicted molar refractivity (Wildman–Crippen MR) is 74.3 cm³/mol. The highest BCUT2D eigenvalue weighted by molar-refractivity contribution is 6.30. The maximum absolute atomic E-state index is 6.08. The Hall–Kier alpha value is -1.42. The van der Waals surface area contributed by atoms with Crippen molar-refractivity contribution in [2.75, 3.05) is 0 Å². The van der Waals surface area contributed by atoms with E-state index in [9.17, 15) is 0 Å². The largest absolute Gasteiger partial charge is 0.271 e. The van der Waals surface area contributed by atoms with Crippen LogP contribution in [-0.2, 0) is 0 Å². The van der Waals surface area contributed by atoms with Crippen molar-refractivity contribution in [2.45, 2.75) is 19.9 Å². The van der Waals surface area contributed by atoms with Crippen LogP contribution in [0.1, 0.15) is 28.4 Å². The molecule has 18 heavy (non-hydrogen) atoms. The first-order valence-electron chi connectivity index (χ1n) is 5.76. The van der Waals surface area contributed by atoms with Gasteiger partial charge in [-0.05, 0) is 48.7 Å². The van der Waals surface area contributed by atoms with Gasteiger partial charge in [0.15, 0.2) is 0 Å². The molecule has 0 saturated heterocycles. The summed E-state index contributed by atoms with van der Waals surface area (Å²) in [5.41, 5.74) is 6.96. The van der Waals surface area contributed by atoms with E-state index in [1.165, 1.54) is 0 Å². The van der Waals surface area contributed by atoms with E-state index >= 15 is 0 Å². The average molecular weight is 262 g/mol. The van der Waals surface area contributed by atoms with Gasteiger partial charge in [-0.1, -0.05) is 23.7 Å². The molecule has 3 N–H and O–H groups in total. The molecule has 4 heteroatoms. The number of nitrogens with one attached hydrogen (secondary N) is 1. The van der Waals surface area contributed by atoms with Gasteiger partial charge in [0, 0.05) is 16.9 Å². The Labute approximate surface area is 112 Å². The Morgan fingerprint density at radius 2 is 1.94 bits per heavy atom. The third-order valence-electron chi connectivity index (χ3n) is 2.83. The molecule has 0 fully saturated rings. The number of aryl methyl sites for hydroxylation is 2. The van der Waals surface area contributed by atoms with E-state index in [1.54, 1.807) is 0 Å². The maximum atomic E-state index is 6.08. The SMILES string of the molecule is Cc1cc(Cl)cc(C(NN)c2ccc(C)nc2)c1. The van der Waals surface area contributed by atoms with Crippen molar-refractivity contribution < 1.29 is 0 Å². The first-order chi connectivity index (χ1) is 8.60. The van der Waals surface area contributed by atoms with E-state index in [4.69, 9.17) is 17.4 Å². The number of benzene rings is 1. The van der Waals surface area contributed by atoms with Crippen LogP contribution in [0.15, 0.2) is 36.5 Å². The number of rotatable bonds is 3. The second-order valence-corrected chi connectivity index (χ2v) is 4.83. The second kappa shape index (κ2) is 5.48. The Morgan fingerprint density at radius 3 is 2.50 bits per heavy atom. The molecule has 1 aromatic heterocycles. The van der Waals surface area contributed by atoms with E-state index < -0.39 is 0 Å². The van der Waals surface area contributed by atoms with Crippen LogP contribution in [-0.4, -0.2) is 4.98 Å². The molecule has 0 bridgehead atoms. The molecule has 0 spiro atoms. The first-order valence-corrected chi connectivity index (χ1v) is 6.13. The highest BCUT2D eigenvalue weighted by Gasteiger charge is 2.13. The van der Waals surface area contributed by atoms with Crippen molar-refractivity contribution in [3.05, 3.63) is 63.9 Å². The van der Waals surface area contributed by atoms with Crippen LogP contribution in [0, 0.1) is 13.8 Å². The summed E-state index contributed by atoms with van der Waals surface area (Å²) < 4.78 is 0. The maximum Gasteiger partial charge on any atom is 0.0725 e. The summed E-state index contributed by atoms with van der Waals surface area (Å²) in [6, 6.07) is 9.79. The predicted octanol–water partition coefficient (Wildman–Crippen LogP) is 2.90. The van der Waals surface area contributed by atoms with Gasteiger partial charge in [-0.3, -0.25) is 10.8 Å². The van der Waals surface area contributed by atoms with E-state index in [2.05, 4.69) is 16.5 Å². The topological polar surface area (TPSA) is 50.9 Å². The second-order valence-electron chi connectivity index (χ2n) is 4.39. The van der Waals surface area contributed by atoms with Crippen molar-refractivity contribution >= 4 is 11.6 Å². The van der Waals surface area contributed by atoms with E-state index in [1.807, 2.05) is 44.3 Å². The minimum Gasteiger partial charge on any atom is -0.271 e. The van der Waals surface area contributed by atoms with Crippen molar-refractivity contribution in [1.82, 2.24) is 10.4 Å². The molecular weight excluding hydrogens is 246 g/mol. The Kier molecular flexibility index (Phi) is 3.97. The van der Waals surface area contributed by atoms with Crippen molar-refractivity contribution in [1.29, 1.82) is 0 Å². The van der Waals surface area contributed by atoms with Gasteiger partial charge in [0.1, 0.15) is 0 Å². The van der Waals surface area contributed by atoms with Crippen LogP contribution in [0.2, 0.25) is 5.02 Å². The quantitative estimate of drug-likeness (QED) is 0.660. The van der Waals surface area contributed by atoms with Gasteiger partial charge in [0.2, 0.25) is 0 Å². The molecular formula is C14H16ClN3. The molecule has 1 atom stereocenters. The first kappa shape index (κ1) is 13.0. The average Bonchev–Trinajstić information content (AvgIpc) is 2.31. The Balaban J connectivity index is 2.41. The van der Waals surface area contributed by atoms with Crippen LogP contribution < -0.4 is 11.3 Å². The minimum absolute atomic E-state index is 0.101. The number of hydrogen-bond acceptors (Lipinski definition) is 3. The highest BCUT2D eigenvalue weighted by atomic mass is 35.5. The van der Waals surface area contributed by atoms with Gasteiger partial charge in [-0.25, -0.2) is 5.43 Å². The fourth-order valence-electron chi connectivity index (χ4n) is 1.97. The normalized spacial score (nSPS) is 12.4. The lowest BCUT2D eigenvalue weighted by molar-refractivity contribution is 0.634. The van der Waals surface area contributed by atoms with Crippen LogP contribution in [0.5, 0.6) is 0 Å². The van der Waals surface area contributed by atoms with E-state index in [0.717, 1.165) is 22.4 Å². The van der Waals surface area contributed by atoms with Gasteiger partial charge in [-0.2, -0.15) is 0 Å². The minimum atomic E-state index is -0.101. The molecule has 2 aromatic rings. The van der Waals surface area contributed by atoms with Gasteiger partial charge in [-0.15, -0.1) is 0 Å². The molecule has 3 nitrogen and oxygen atoms in total. The molecule has 1 unspecified atom stereocenters. The van der Waals surface area contributed by atoms with E-state index in [-0.39, 0.29) is 6.04 Å². The molecule has 0 aliphatic heterocycles. The monoisotopic (exact) mass is 261 g/mol. The lowest BCUT2D eigenvalue weighted by Crippen LogP contribution is -2.29. The third kappa shape index (κ3) is 2.88. The molecule has 1 aromatic carbocycles. The van der Waals surface area contributed by atoms with Crippen LogP contribution >= 0.6 is 11.6 Å². The van der Waals surface area contributed by atoms with Crippen LogP contribution in [0.25, 0.3) is 0 Å². The van der Waals surface area contributed by atoms with Crippen LogP contribution in [0.3, 0.4) is 0 Å². The zero-order chi connectivity index (χ0) is 13.1. The number of halogens is 1. The third-order valence-corrected chi connectivity index (χ3v) is 3.05. The molecule has 0 saturated carbocycles. The number of hydrazine groups is 1. The molecule has 0 aliphatic carbocycles. The van der Waals surface area contributed by atoms with Crippen molar-refractivity contribution in [3.63, 3.8) is 0 Å². The zero-order valence-electron chi connectivity index (χ0n) is 10.4. The van der Waals surface area contributed by atoms with Gasteiger partial charge in [0.05, 0.1) is 6.04 Å². The summed E-state index contributed by atoms with van der Waals surface area (Å²) in [7, 11) is 0. The summed E-state index contributed by atoms with van der Waals surface area (Å²) in [5, 5.41) is 0.713. The molecule has 94 valence electrons. The standard InChI is InChI=1S/C14H16ClN3/c1-9-5-12(7-13(15)6-9)14(18-16)11-4-3-10(2)17-8-11/h3-8,14,18H,16H2,1-2H3. The number of nitrogens with two attached hydrogens (primary N) is 1. The molecule has 2 rings (SSSR count). The highest BCUT2D eigenvalue weighted by Crippen LogP contribution is 2.24. The van der Waals surface area contributed by atoms with Crippen molar-refractivity contribution in [3.8, 4) is 0 Å². The molecule has 0 aliphatic rings. The van der Waals surface area contributed by atoms with Gasteiger partial charge in [0.25, 0.3) is 0 Å². The Bertz CT molecular complexity index is 517. The summed E-state index contributed by atoms with van der Waals surface area (Å²) in [4.78, 5) is 4.29. The zero-order valence-corrected chi connectivity index (χ0v) is 11.2. The summed E-state index contributed by atoms with van der Waals surface area (Å²) in [5.74, 6) is 5.65. The molecule has 1 heterocycles. The number of pyridine rings is 1. The summed E-state index contributed by atoms with van der Waals surface area (Å²) >= 11 is 6.08. The van der Waals surface area contributed by atoms with E-state index in [0.29, 0.717) is 5.02 Å². The fourth-order valence-corrected chi connectivity index (χ4v) is 2.26. The molecule has 0 amide bonds. The lowest BCUT2D eigenvalue weighted by atomic mass is 9.99. The summed E-state index contributed by atoms with van der Waals surface area (Å²) in [6.45, 7) is 3.97. The lowest BCUT2D eigenvalue weighted by Gasteiger charge is -2.17. The number of hydrogen-bond donors (Lipinski definition) is 2. The number of aromatic nitrogens is 1. The van der Waals surface area contributed by atoms with Gasteiger partial charge < -0.3 is 0 Å².